The van der Waals surface area contributed by atoms with Crippen LogP contribution in [0.3, 0.4) is 0 Å². The third-order valence-electron chi connectivity index (χ3n) is 2.71. The van der Waals surface area contributed by atoms with E-state index in [-0.39, 0.29) is 11.4 Å². The molecule has 0 amide bonds. The van der Waals surface area contributed by atoms with Gasteiger partial charge < -0.3 is 15.0 Å². The van der Waals surface area contributed by atoms with Crippen molar-refractivity contribution in [1.82, 2.24) is 19.8 Å². The maximum absolute atomic E-state index is 11.7. The number of aliphatic carboxylic acids is 1. The zero-order valence-electron chi connectivity index (χ0n) is 10.00. The molecule has 8 nitrogen and oxygen atoms in total. The monoisotopic (exact) mass is 273 g/mol. The van der Waals surface area contributed by atoms with Crippen LogP contribution >= 0.6 is 11.8 Å². The normalized spacial score (nSPS) is 17.1. The summed E-state index contributed by atoms with van der Waals surface area (Å²) in [6.45, 7) is 3.16. The first-order valence-electron chi connectivity index (χ1n) is 5.53. The van der Waals surface area contributed by atoms with Crippen molar-refractivity contribution >= 4 is 17.7 Å². The van der Waals surface area contributed by atoms with Crippen LogP contribution in [0.2, 0.25) is 0 Å². The summed E-state index contributed by atoms with van der Waals surface area (Å²) in [5.74, 6) is -1.04. The summed E-state index contributed by atoms with van der Waals surface area (Å²) in [6, 6.07) is 0. The van der Waals surface area contributed by atoms with E-state index < -0.39 is 5.97 Å². The molecular formula is C9H15N5O3S. The number of nitrogens with zero attached hydrogens (tertiary/aromatic N) is 4. The number of rotatable bonds is 4. The Labute approximate surface area is 108 Å². The molecule has 1 fully saturated rings. The van der Waals surface area contributed by atoms with Gasteiger partial charge in [0.05, 0.1) is 5.75 Å². The summed E-state index contributed by atoms with van der Waals surface area (Å²) >= 11 is 1.04. The van der Waals surface area contributed by atoms with Crippen LogP contribution in [0.4, 0.5) is 0 Å². The number of likely N-dealkylation sites (N-methyl/N-ethyl adjacent to an activating group) is 1. The third-order valence-corrected chi connectivity index (χ3v) is 3.62. The van der Waals surface area contributed by atoms with Gasteiger partial charge in [-0.05, 0) is 7.05 Å². The fourth-order valence-electron chi connectivity index (χ4n) is 1.74. The predicted octanol–water partition coefficient (Wildman–Crippen LogP) is -1.37. The quantitative estimate of drug-likeness (QED) is 0.654. The predicted molar refractivity (Wildman–Crippen MR) is 66.7 cm³/mol. The lowest BCUT2D eigenvalue weighted by molar-refractivity contribution is -0.133. The fourth-order valence-corrected chi connectivity index (χ4v) is 2.43. The lowest BCUT2D eigenvalue weighted by atomic mass is 10.4. The Balaban J connectivity index is 2.13. The molecule has 18 heavy (non-hydrogen) atoms. The standard InChI is InChI=1S/C9H15N5O3S/c1-12-2-4-13(5-3-12)14-8(17)10-11-9(14)18-6-7(15)16/h2-6H2,1H3,(H,10,17)(H,15,16). The molecule has 1 aliphatic rings. The molecule has 1 aliphatic heterocycles. The van der Waals surface area contributed by atoms with E-state index >= 15 is 0 Å². The zero-order chi connectivity index (χ0) is 13.1. The molecule has 0 unspecified atom stereocenters. The van der Waals surface area contributed by atoms with Crippen LogP contribution in [0, 0.1) is 0 Å². The Morgan fingerprint density at radius 3 is 2.72 bits per heavy atom. The number of hydrogen-bond acceptors (Lipinski definition) is 6. The zero-order valence-corrected chi connectivity index (χ0v) is 10.8. The smallest absolute Gasteiger partial charge is 0.363 e. The van der Waals surface area contributed by atoms with Crippen LogP contribution in [-0.2, 0) is 4.79 Å². The first-order valence-corrected chi connectivity index (χ1v) is 6.52. The molecule has 0 bridgehead atoms. The Morgan fingerprint density at radius 1 is 1.44 bits per heavy atom. The summed E-state index contributed by atoms with van der Waals surface area (Å²) in [6.07, 6.45) is 0. The molecule has 0 radical (unpaired) electrons. The molecule has 0 saturated carbocycles. The van der Waals surface area contributed by atoms with E-state index in [1.165, 1.54) is 4.68 Å². The number of aromatic nitrogens is 3. The minimum Gasteiger partial charge on any atom is -0.481 e. The first kappa shape index (κ1) is 13.0. The number of carboxylic acid groups (broad SMARTS) is 1. The van der Waals surface area contributed by atoms with E-state index in [4.69, 9.17) is 5.11 Å². The maximum atomic E-state index is 11.7. The lowest BCUT2D eigenvalue weighted by Gasteiger charge is -2.33. The first-order chi connectivity index (χ1) is 8.58. The molecule has 1 saturated heterocycles. The summed E-state index contributed by atoms with van der Waals surface area (Å²) < 4.78 is 1.43. The molecule has 2 N–H and O–H groups in total. The Morgan fingerprint density at radius 2 is 2.11 bits per heavy atom. The minimum absolute atomic E-state index is 0.113. The number of piperazine rings is 1. The van der Waals surface area contributed by atoms with Crippen molar-refractivity contribution in [1.29, 1.82) is 0 Å². The van der Waals surface area contributed by atoms with Gasteiger partial charge in [0.1, 0.15) is 0 Å². The molecule has 9 heteroatoms. The number of nitrogens with one attached hydrogen (secondary N) is 1. The van der Waals surface area contributed by atoms with E-state index in [0.29, 0.717) is 5.16 Å². The summed E-state index contributed by atoms with van der Waals surface area (Å²) in [5, 5.41) is 17.1. The molecule has 100 valence electrons. The van der Waals surface area contributed by atoms with Gasteiger partial charge in [-0.15, -0.1) is 5.10 Å². The van der Waals surface area contributed by atoms with E-state index in [2.05, 4.69) is 15.1 Å². The van der Waals surface area contributed by atoms with Crippen molar-refractivity contribution in [2.45, 2.75) is 5.16 Å². The van der Waals surface area contributed by atoms with Crippen LogP contribution < -0.4 is 10.7 Å². The highest BCUT2D eigenvalue weighted by Crippen LogP contribution is 2.13. The second-order valence-electron chi connectivity index (χ2n) is 4.06. The van der Waals surface area contributed by atoms with E-state index in [9.17, 15) is 9.59 Å². The van der Waals surface area contributed by atoms with Crippen LogP contribution in [0.25, 0.3) is 0 Å². The van der Waals surface area contributed by atoms with Gasteiger partial charge in [-0.25, -0.2) is 9.89 Å². The van der Waals surface area contributed by atoms with Crippen molar-refractivity contribution < 1.29 is 9.90 Å². The topological polar surface area (TPSA) is 94.5 Å². The molecule has 0 aromatic carbocycles. The Hall–Kier alpha value is -1.48. The van der Waals surface area contributed by atoms with Crippen molar-refractivity contribution in [2.24, 2.45) is 0 Å². The second kappa shape index (κ2) is 5.44. The molecule has 1 aromatic heterocycles. The van der Waals surface area contributed by atoms with Gasteiger partial charge in [0.15, 0.2) is 0 Å². The maximum Gasteiger partial charge on any atom is 0.363 e. The van der Waals surface area contributed by atoms with Gasteiger partial charge in [0, 0.05) is 26.2 Å². The SMILES string of the molecule is CN1CCN(n2c(SCC(=O)O)n[nH]c2=O)CC1. The van der Waals surface area contributed by atoms with E-state index in [1.54, 1.807) is 0 Å². The van der Waals surface area contributed by atoms with E-state index in [1.807, 2.05) is 12.1 Å². The lowest BCUT2D eigenvalue weighted by Crippen LogP contribution is -2.52. The Kier molecular flexibility index (Phi) is 3.92. The van der Waals surface area contributed by atoms with Gasteiger partial charge >= 0.3 is 11.7 Å². The van der Waals surface area contributed by atoms with Crippen molar-refractivity contribution in [3.05, 3.63) is 10.5 Å². The highest BCUT2D eigenvalue weighted by Gasteiger charge is 2.20. The molecule has 2 rings (SSSR count). The number of carbonyl (C=O) groups is 1. The Bertz CT molecular complexity index is 477. The van der Waals surface area contributed by atoms with Crippen molar-refractivity contribution in [2.75, 3.05) is 44.0 Å². The molecule has 0 spiro atoms. The second-order valence-corrected chi connectivity index (χ2v) is 5.00. The van der Waals surface area contributed by atoms with Gasteiger partial charge in [0.25, 0.3) is 0 Å². The van der Waals surface area contributed by atoms with Gasteiger partial charge in [-0.3, -0.25) is 4.79 Å². The number of thioether (sulfide) groups is 1. The third kappa shape index (κ3) is 2.85. The number of H-pyrrole nitrogens is 1. The van der Waals surface area contributed by atoms with E-state index in [0.717, 1.165) is 37.9 Å². The molecule has 0 atom stereocenters. The van der Waals surface area contributed by atoms with Crippen molar-refractivity contribution in [3.63, 3.8) is 0 Å². The van der Waals surface area contributed by atoms with Crippen LogP contribution in [0.15, 0.2) is 9.95 Å². The average Bonchev–Trinajstić information content (AvgIpc) is 2.69. The number of hydrogen-bond donors (Lipinski definition) is 2. The molecule has 2 heterocycles. The molecule has 1 aromatic rings. The number of aromatic amines is 1. The van der Waals surface area contributed by atoms with Gasteiger partial charge in [-0.1, -0.05) is 11.8 Å². The fraction of sp³-hybridized carbons (Fsp3) is 0.667. The summed E-state index contributed by atoms with van der Waals surface area (Å²) in [5.41, 5.74) is -0.326. The highest BCUT2D eigenvalue weighted by molar-refractivity contribution is 7.99. The van der Waals surface area contributed by atoms with Crippen molar-refractivity contribution in [3.8, 4) is 0 Å². The van der Waals surface area contributed by atoms with Crippen LogP contribution in [0.1, 0.15) is 0 Å². The van der Waals surface area contributed by atoms with Gasteiger partial charge in [-0.2, -0.15) is 4.68 Å². The minimum atomic E-state index is -0.930. The molecule has 0 aliphatic carbocycles. The highest BCUT2D eigenvalue weighted by atomic mass is 32.2. The largest absolute Gasteiger partial charge is 0.481 e. The van der Waals surface area contributed by atoms with Crippen LogP contribution in [0.5, 0.6) is 0 Å². The summed E-state index contributed by atoms with van der Waals surface area (Å²) in [7, 11) is 2.02. The molecular weight excluding hydrogens is 258 g/mol. The summed E-state index contributed by atoms with van der Waals surface area (Å²) in [4.78, 5) is 24.4. The average molecular weight is 273 g/mol. The van der Waals surface area contributed by atoms with Gasteiger partial charge in [0.2, 0.25) is 5.16 Å². The van der Waals surface area contributed by atoms with Crippen LogP contribution in [-0.4, -0.2) is 69.8 Å². The number of carboxylic acids is 1.